The van der Waals surface area contributed by atoms with Gasteiger partial charge in [0.1, 0.15) is 0 Å². The Morgan fingerprint density at radius 3 is 2.58 bits per heavy atom. The molecule has 0 bridgehead atoms. The van der Waals surface area contributed by atoms with Crippen molar-refractivity contribution in [3.63, 3.8) is 0 Å². The Hall–Kier alpha value is -3.65. The number of anilines is 1. The van der Waals surface area contributed by atoms with Crippen molar-refractivity contribution in [1.29, 1.82) is 0 Å². The molecule has 0 radical (unpaired) electrons. The maximum atomic E-state index is 13.8. The van der Waals surface area contributed by atoms with E-state index >= 15 is 0 Å². The molecule has 2 saturated heterocycles. The van der Waals surface area contributed by atoms with Crippen molar-refractivity contribution in [2.45, 2.75) is 38.8 Å². The van der Waals surface area contributed by atoms with Crippen LogP contribution in [0, 0.1) is 0 Å². The number of hydrogen-bond donors (Lipinski definition) is 1. The Morgan fingerprint density at radius 2 is 1.92 bits per heavy atom. The normalized spacial score (nSPS) is 17.4. The molecule has 36 heavy (non-hydrogen) atoms. The number of rotatable bonds is 8. The van der Waals surface area contributed by atoms with Crippen LogP contribution in [0.1, 0.15) is 48.2 Å². The molecule has 1 spiro atoms. The number of urea groups is 1. The summed E-state index contributed by atoms with van der Waals surface area (Å²) in [5.41, 5.74) is 6.97. The SMILES string of the molecule is C=NN/C=C(\C)c1ccc(N2CC3(CCOCC3)N(Cc3cccc(C(=O)N(C)CC)c3)C2=O)cc1. The van der Waals surface area contributed by atoms with Gasteiger partial charge in [-0.05, 0) is 67.7 Å². The molecule has 3 amide bonds. The lowest BCUT2D eigenvalue weighted by Gasteiger charge is -2.40. The number of amides is 3. The number of carbonyl (C=O) groups excluding carboxylic acids is 2. The fraction of sp³-hybridized carbons (Fsp3) is 0.393. The first-order valence-corrected chi connectivity index (χ1v) is 12.4. The lowest BCUT2D eigenvalue weighted by molar-refractivity contribution is 0.00611. The minimum atomic E-state index is -0.302. The molecule has 4 rings (SSSR count). The van der Waals surface area contributed by atoms with Crippen molar-refractivity contribution < 1.29 is 14.3 Å². The molecule has 0 atom stereocenters. The average molecular weight is 490 g/mol. The van der Waals surface area contributed by atoms with E-state index < -0.39 is 0 Å². The first kappa shape index (κ1) is 25.4. The van der Waals surface area contributed by atoms with Crippen molar-refractivity contribution in [1.82, 2.24) is 15.2 Å². The molecule has 0 aromatic heterocycles. The van der Waals surface area contributed by atoms with Gasteiger partial charge in [0.15, 0.2) is 0 Å². The number of carbonyl (C=O) groups is 2. The Labute approximate surface area is 213 Å². The van der Waals surface area contributed by atoms with Gasteiger partial charge in [-0.3, -0.25) is 15.1 Å². The molecular formula is C28H35N5O3. The van der Waals surface area contributed by atoms with Gasteiger partial charge >= 0.3 is 6.03 Å². The zero-order chi connectivity index (χ0) is 25.7. The molecule has 190 valence electrons. The predicted molar refractivity (Wildman–Crippen MR) is 143 cm³/mol. The second-order valence-electron chi connectivity index (χ2n) is 9.47. The summed E-state index contributed by atoms with van der Waals surface area (Å²) in [6.45, 7) is 10.3. The van der Waals surface area contributed by atoms with Crippen LogP contribution in [0.5, 0.6) is 0 Å². The molecule has 2 aromatic carbocycles. The number of ether oxygens (including phenoxy) is 1. The van der Waals surface area contributed by atoms with Crippen molar-refractivity contribution in [3.8, 4) is 0 Å². The molecule has 2 fully saturated rings. The maximum Gasteiger partial charge on any atom is 0.325 e. The minimum absolute atomic E-state index is 0.0157. The van der Waals surface area contributed by atoms with Crippen LogP contribution in [0.15, 0.2) is 59.8 Å². The molecule has 8 heteroatoms. The molecule has 0 saturated carbocycles. The summed E-state index contributed by atoms with van der Waals surface area (Å²) in [7, 11) is 1.79. The summed E-state index contributed by atoms with van der Waals surface area (Å²) < 4.78 is 5.66. The Balaban J connectivity index is 1.60. The number of nitrogens with one attached hydrogen (secondary N) is 1. The van der Waals surface area contributed by atoms with E-state index in [1.54, 1.807) is 18.1 Å². The molecule has 2 heterocycles. The van der Waals surface area contributed by atoms with Gasteiger partial charge in [0.25, 0.3) is 5.91 Å². The minimum Gasteiger partial charge on any atom is -0.381 e. The highest BCUT2D eigenvalue weighted by Crippen LogP contribution is 2.39. The highest BCUT2D eigenvalue weighted by Gasteiger charge is 2.50. The summed E-state index contributed by atoms with van der Waals surface area (Å²) in [5, 5.41) is 3.64. The molecule has 2 aromatic rings. The molecule has 0 unspecified atom stereocenters. The maximum absolute atomic E-state index is 13.8. The Bertz CT molecular complexity index is 1140. The van der Waals surface area contributed by atoms with Gasteiger partial charge in [0.05, 0.1) is 12.1 Å². The van der Waals surface area contributed by atoms with E-state index in [-0.39, 0.29) is 17.5 Å². The molecule has 1 N–H and O–H groups in total. The lowest BCUT2D eigenvalue weighted by atomic mass is 9.88. The Kier molecular flexibility index (Phi) is 7.74. The van der Waals surface area contributed by atoms with Crippen LogP contribution in [-0.4, -0.2) is 67.3 Å². The van der Waals surface area contributed by atoms with Crippen molar-refractivity contribution in [2.75, 3.05) is 38.3 Å². The van der Waals surface area contributed by atoms with Crippen LogP contribution in [-0.2, 0) is 11.3 Å². The van der Waals surface area contributed by atoms with Crippen LogP contribution in [0.25, 0.3) is 5.57 Å². The van der Waals surface area contributed by atoms with Gasteiger partial charge in [-0.25, -0.2) is 4.79 Å². The molecular weight excluding hydrogens is 454 g/mol. The number of nitrogens with zero attached hydrogens (tertiary/aromatic N) is 4. The lowest BCUT2D eigenvalue weighted by Crippen LogP contribution is -2.50. The van der Waals surface area contributed by atoms with Gasteiger partial charge in [0, 0.05) is 57.5 Å². The standard InChI is InChI=1S/C28H35N5O3/c1-5-31(4)26(34)24-8-6-7-22(17-24)19-33-27(35)32(20-28(33)13-15-36-16-14-28)25-11-9-23(10-12-25)21(2)18-30-29-3/h6-12,17-18,30H,3,5,13-16,19-20H2,1-2,4H3/b21-18+. The van der Waals surface area contributed by atoms with Gasteiger partial charge < -0.3 is 14.5 Å². The monoisotopic (exact) mass is 489 g/mol. The van der Waals surface area contributed by atoms with Gasteiger partial charge in [-0.15, -0.1) is 0 Å². The quantitative estimate of drug-likeness (QED) is 0.442. The highest BCUT2D eigenvalue weighted by molar-refractivity contribution is 5.96. The third-order valence-electron chi connectivity index (χ3n) is 7.25. The van der Waals surface area contributed by atoms with Gasteiger partial charge in [-0.1, -0.05) is 24.3 Å². The average Bonchev–Trinajstić information content (AvgIpc) is 3.17. The Morgan fingerprint density at radius 1 is 1.19 bits per heavy atom. The van der Waals surface area contributed by atoms with E-state index in [0.29, 0.717) is 38.4 Å². The molecule has 8 nitrogen and oxygen atoms in total. The van der Waals surface area contributed by atoms with Crippen LogP contribution < -0.4 is 10.3 Å². The van der Waals surface area contributed by atoms with Gasteiger partial charge in [-0.2, -0.15) is 5.10 Å². The zero-order valence-electron chi connectivity index (χ0n) is 21.4. The summed E-state index contributed by atoms with van der Waals surface area (Å²) >= 11 is 0. The van der Waals surface area contributed by atoms with E-state index in [4.69, 9.17) is 4.74 Å². The van der Waals surface area contributed by atoms with Gasteiger partial charge in [0.2, 0.25) is 0 Å². The van der Waals surface area contributed by atoms with Crippen LogP contribution in [0.2, 0.25) is 0 Å². The van der Waals surface area contributed by atoms with E-state index in [1.165, 1.54) is 0 Å². The number of benzene rings is 2. The van der Waals surface area contributed by atoms with E-state index in [2.05, 4.69) is 17.2 Å². The van der Waals surface area contributed by atoms with Crippen molar-refractivity contribution in [2.24, 2.45) is 5.10 Å². The van der Waals surface area contributed by atoms with Crippen LogP contribution in [0.4, 0.5) is 10.5 Å². The third-order valence-corrected chi connectivity index (χ3v) is 7.25. The fourth-order valence-corrected chi connectivity index (χ4v) is 4.89. The summed E-state index contributed by atoms with van der Waals surface area (Å²) in [5.74, 6) is -0.0157. The summed E-state index contributed by atoms with van der Waals surface area (Å²) in [6.07, 6.45) is 3.36. The van der Waals surface area contributed by atoms with E-state index in [1.807, 2.05) is 72.2 Å². The van der Waals surface area contributed by atoms with E-state index in [9.17, 15) is 9.59 Å². The molecule has 2 aliphatic heterocycles. The largest absolute Gasteiger partial charge is 0.381 e. The first-order chi connectivity index (χ1) is 17.4. The van der Waals surface area contributed by atoms with Crippen LogP contribution >= 0.6 is 0 Å². The van der Waals surface area contributed by atoms with Crippen molar-refractivity contribution >= 4 is 29.9 Å². The zero-order valence-corrected chi connectivity index (χ0v) is 21.4. The summed E-state index contributed by atoms with van der Waals surface area (Å²) in [4.78, 5) is 32.1. The number of allylic oxidation sites excluding steroid dienone is 1. The predicted octanol–water partition coefficient (Wildman–Crippen LogP) is 4.34. The highest BCUT2D eigenvalue weighted by atomic mass is 16.5. The second-order valence-corrected chi connectivity index (χ2v) is 9.47. The topological polar surface area (TPSA) is 77.5 Å². The third kappa shape index (κ3) is 5.14. The number of hydrogen-bond acceptors (Lipinski definition) is 5. The molecule has 0 aliphatic carbocycles. The van der Waals surface area contributed by atoms with Crippen molar-refractivity contribution in [3.05, 3.63) is 71.4 Å². The van der Waals surface area contributed by atoms with Crippen LogP contribution in [0.3, 0.4) is 0 Å². The smallest absolute Gasteiger partial charge is 0.325 e. The first-order valence-electron chi connectivity index (χ1n) is 12.4. The molecule has 2 aliphatic rings. The summed E-state index contributed by atoms with van der Waals surface area (Å²) in [6, 6.07) is 15.6. The second kappa shape index (κ2) is 11.0. The number of hydrazone groups is 1. The van der Waals surface area contributed by atoms with E-state index in [0.717, 1.165) is 35.2 Å². The fourth-order valence-electron chi connectivity index (χ4n) is 4.89.